The number of nitrogens with zero attached hydrogens (tertiary/aromatic N) is 2. The lowest BCUT2D eigenvalue weighted by atomic mass is 10.0. The van der Waals surface area contributed by atoms with Crippen molar-refractivity contribution in [3.8, 4) is 5.75 Å². The molecule has 2 aliphatic heterocycles. The molecule has 1 saturated heterocycles. The first kappa shape index (κ1) is 15.8. The molecule has 2 aromatic carbocycles. The number of likely N-dealkylation sites (tertiary alicyclic amines) is 1. The van der Waals surface area contributed by atoms with E-state index in [2.05, 4.69) is 46.3 Å². The summed E-state index contributed by atoms with van der Waals surface area (Å²) in [7, 11) is 0. The zero-order valence-electron chi connectivity index (χ0n) is 14.1. The van der Waals surface area contributed by atoms with Crippen LogP contribution in [0.4, 0.5) is 5.69 Å². The van der Waals surface area contributed by atoms with E-state index in [1.54, 1.807) is 0 Å². The van der Waals surface area contributed by atoms with Crippen LogP contribution in [0.25, 0.3) is 6.08 Å². The van der Waals surface area contributed by atoms with Gasteiger partial charge in [-0.25, -0.2) is 0 Å². The second-order valence-corrected chi connectivity index (χ2v) is 6.51. The SMILES string of the molecule is O=CC1Oc2ccccc2N1C1CCN(C=Cc2ccccc2)CC1. The fourth-order valence-corrected chi connectivity index (χ4v) is 3.66. The molecular weight excluding hydrogens is 312 g/mol. The number of aldehydes is 1. The molecule has 4 rings (SSSR count). The Morgan fingerprint density at radius 2 is 1.68 bits per heavy atom. The van der Waals surface area contributed by atoms with E-state index in [0.717, 1.165) is 43.7 Å². The zero-order chi connectivity index (χ0) is 17.1. The van der Waals surface area contributed by atoms with E-state index in [4.69, 9.17) is 4.74 Å². The van der Waals surface area contributed by atoms with Gasteiger partial charge in [-0.3, -0.25) is 4.79 Å². The summed E-state index contributed by atoms with van der Waals surface area (Å²) in [6, 6.07) is 18.6. The predicted molar refractivity (Wildman–Crippen MR) is 99.5 cm³/mol. The molecule has 1 unspecified atom stereocenters. The number of para-hydroxylation sites is 2. The first-order valence-electron chi connectivity index (χ1n) is 8.82. The number of carbonyl (C=O) groups is 1. The van der Waals surface area contributed by atoms with Crippen LogP contribution in [0.5, 0.6) is 5.75 Å². The van der Waals surface area contributed by atoms with Gasteiger partial charge >= 0.3 is 0 Å². The first-order valence-corrected chi connectivity index (χ1v) is 8.82. The maximum atomic E-state index is 11.5. The quantitative estimate of drug-likeness (QED) is 0.801. The molecule has 0 aliphatic carbocycles. The van der Waals surface area contributed by atoms with Crippen molar-refractivity contribution >= 4 is 18.0 Å². The molecule has 2 aliphatic rings. The Morgan fingerprint density at radius 3 is 2.44 bits per heavy atom. The smallest absolute Gasteiger partial charge is 0.229 e. The molecular formula is C21H22N2O2. The summed E-state index contributed by atoms with van der Waals surface area (Å²) in [5, 5.41) is 0. The molecule has 0 aromatic heterocycles. The molecule has 4 heteroatoms. The summed E-state index contributed by atoms with van der Waals surface area (Å²) >= 11 is 0. The second kappa shape index (κ2) is 7.01. The number of benzene rings is 2. The Balaban J connectivity index is 1.42. The minimum Gasteiger partial charge on any atom is -0.461 e. The molecule has 1 fully saturated rings. The summed E-state index contributed by atoms with van der Waals surface area (Å²) in [6.45, 7) is 1.97. The molecule has 0 spiro atoms. The van der Waals surface area contributed by atoms with E-state index in [9.17, 15) is 4.79 Å². The zero-order valence-corrected chi connectivity index (χ0v) is 14.1. The molecule has 0 saturated carbocycles. The topological polar surface area (TPSA) is 32.8 Å². The molecule has 0 amide bonds. The summed E-state index contributed by atoms with van der Waals surface area (Å²) in [5.41, 5.74) is 2.25. The number of anilines is 1. The Hall–Kier alpha value is -2.75. The summed E-state index contributed by atoms with van der Waals surface area (Å²) in [6.07, 6.45) is 6.78. The van der Waals surface area contributed by atoms with Crippen molar-refractivity contribution in [3.63, 3.8) is 0 Å². The van der Waals surface area contributed by atoms with Crippen molar-refractivity contribution in [2.24, 2.45) is 0 Å². The highest BCUT2D eigenvalue weighted by atomic mass is 16.5. The van der Waals surface area contributed by atoms with Crippen molar-refractivity contribution in [1.29, 1.82) is 0 Å². The molecule has 2 heterocycles. The minimum absolute atomic E-state index is 0.334. The third kappa shape index (κ3) is 3.25. The van der Waals surface area contributed by atoms with Gasteiger partial charge in [0.2, 0.25) is 6.23 Å². The molecule has 128 valence electrons. The number of hydrogen-bond acceptors (Lipinski definition) is 4. The van der Waals surface area contributed by atoms with Crippen LogP contribution in [0.2, 0.25) is 0 Å². The first-order chi connectivity index (χ1) is 12.3. The summed E-state index contributed by atoms with van der Waals surface area (Å²) in [4.78, 5) is 16.0. The number of rotatable bonds is 4. The molecule has 2 aromatic rings. The highest BCUT2D eigenvalue weighted by Gasteiger charge is 2.36. The lowest BCUT2D eigenvalue weighted by molar-refractivity contribution is -0.113. The highest BCUT2D eigenvalue weighted by molar-refractivity contribution is 5.73. The third-order valence-electron chi connectivity index (χ3n) is 4.95. The fraction of sp³-hybridized carbons (Fsp3) is 0.286. The van der Waals surface area contributed by atoms with Crippen molar-refractivity contribution in [2.45, 2.75) is 25.1 Å². The molecule has 25 heavy (non-hydrogen) atoms. The van der Waals surface area contributed by atoms with Crippen molar-refractivity contribution in [3.05, 3.63) is 66.4 Å². The lowest BCUT2D eigenvalue weighted by Crippen LogP contribution is -2.48. The van der Waals surface area contributed by atoms with Crippen LogP contribution in [0.3, 0.4) is 0 Å². The molecule has 0 radical (unpaired) electrons. The number of fused-ring (bicyclic) bond motifs is 1. The van der Waals surface area contributed by atoms with Crippen LogP contribution in [0.15, 0.2) is 60.8 Å². The molecule has 0 bridgehead atoms. The molecule has 4 nitrogen and oxygen atoms in total. The summed E-state index contributed by atoms with van der Waals surface area (Å²) < 4.78 is 5.78. The van der Waals surface area contributed by atoms with Gasteiger partial charge in [0, 0.05) is 19.1 Å². The fourth-order valence-electron chi connectivity index (χ4n) is 3.66. The average molecular weight is 334 g/mol. The minimum atomic E-state index is -0.492. The maximum Gasteiger partial charge on any atom is 0.229 e. The van der Waals surface area contributed by atoms with Gasteiger partial charge in [-0.05, 0) is 42.8 Å². The van der Waals surface area contributed by atoms with Gasteiger partial charge in [-0.15, -0.1) is 0 Å². The van der Waals surface area contributed by atoms with E-state index >= 15 is 0 Å². The van der Waals surface area contributed by atoms with E-state index in [1.807, 2.05) is 30.3 Å². The second-order valence-electron chi connectivity index (χ2n) is 6.51. The van der Waals surface area contributed by atoms with E-state index in [-0.39, 0.29) is 0 Å². The molecule has 0 N–H and O–H groups in total. The Kier molecular flexibility index (Phi) is 4.42. The van der Waals surface area contributed by atoms with Crippen molar-refractivity contribution in [1.82, 2.24) is 4.90 Å². The normalized spacial score (nSPS) is 20.6. The van der Waals surface area contributed by atoms with Gasteiger partial charge < -0.3 is 14.5 Å². The predicted octanol–water partition coefficient (Wildman–Crippen LogP) is 3.55. The van der Waals surface area contributed by atoms with E-state index < -0.39 is 6.23 Å². The maximum absolute atomic E-state index is 11.5. The molecule has 1 atom stereocenters. The van der Waals surface area contributed by atoms with Crippen LogP contribution >= 0.6 is 0 Å². The number of hydrogen-bond donors (Lipinski definition) is 0. The lowest BCUT2D eigenvalue weighted by Gasteiger charge is -2.38. The Bertz CT molecular complexity index is 752. The average Bonchev–Trinajstić information content (AvgIpc) is 3.06. The van der Waals surface area contributed by atoms with Crippen molar-refractivity contribution < 1.29 is 9.53 Å². The van der Waals surface area contributed by atoms with Crippen LogP contribution in [0, 0.1) is 0 Å². The monoisotopic (exact) mass is 334 g/mol. The standard InChI is InChI=1S/C21H22N2O2/c24-16-21-23(19-8-4-5-9-20(19)25-21)18-11-14-22(15-12-18)13-10-17-6-2-1-3-7-17/h1-10,13,16,18,21H,11-12,14-15H2. The van der Waals surface area contributed by atoms with Gasteiger partial charge in [-0.1, -0.05) is 42.5 Å². The van der Waals surface area contributed by atoms with Crippen LogP contribution < -0.4 is 9.64 Å². The third-order valence-corrected chi connectivity index (χ3v) is 4.95. The number of carbonyl (C=O) groups excluding carboxylic acids is 1. The highest BCUT2D eigenvalue weighted by Crippen LogP contribution is 2.39. The Morgan fingerprint density at radius 1 is 0.960 bits per heavy atom. The van der Waals surface area contributed by atoms with Crippen LogP contribution in [0.1, 0.15) is 18.4 Å². The van der Waals surface area contributed by atoms with Crippen LogP contribution in [-0.4, -0.2) is 36.5 Å². The Labute approximate surface area is 148 Å². The van der Waals surface area contributed by atoms with Gasteiger partial charge in [-0.2, -0.15) is 0 Å². The van der Waals surface area contributed by atoms with Gasteiger partial charge in [0.25, 0.3) is 0 Å². The van der Waals surface area contributed by atoms with Crippen molar-refractivity contribution in [2.75, 3.05) is 18.0 Å². The van der Waals surface area contributed by atoms with E-state index in [0.29, 0.717) is 6.04 Å². The van der Waals surface area contributed by atoms with Gasteiger partial charge in [0.15, 0.2) is 6.29 Å². The summed E-state index contributed by atoms with van der Waals surface area (Å²) in [5.74, 6) is 0.811. The number of ether oxygens (including phenoxy) is 1. The number of piperidine rings is 1. The van der Waals surface area contributed by atoms with Gasteiger partial charge in [0.05, 0.1) is 5.69 Å². The largest absolute Gasteiger partial charge is 0.461 e. The van der Waals surface area contributed by atoms with Crippen LogP contribution in [-0.2, 0) is 4.79 Å². The van der Waals surface area contributed by atoms with Gasteiger partial charge in [0.1, 0.15) is 5.75 Å². The van der Waals surface area contributed by atoms with E-state index in [1.165, 1.54) is 5.56 Å².